The average Bonchev–Trinajstić information content (AvgIpc) is 2.64. The Morgan fingerprint density at radius 1 is 1.31 bits per heavy atom. The van der Waals surface area contributed by atoms with E-state index in [9.17, 15) is 23.1 Å². The molecule has 29 heavy (non-hydrogen) atoms. The molecule has 1 amide bonds. The summed E-state index contributed by atoms with van der Waals surface area (Å²) in [6.45, 7) is 0.356. The molecule has 1 heterocycles. The van der Waals surface area contributed by atoms with E-state index in [0.29, 0.717) is 0 Å². The van der Waals surface area contributed by atoms with Gasteiger partial charge < -0.3 is 15.2 Å². The number of aliphatic hydroxyl groups is 1. The highest BCUT2D eigenvalue weighted by Crippen LogP contribution is 2.35. The van der Waals surface area contributed by atoms with Crippen molar-refractivity contribution in [2.24, 2.45) is 5.92 Å². The molecule has 1 aliphatic rings. The third-order valence-electron chi connectivity index (χ3n) is 5.35. The maximum Gasteiger partial charge on any atom is 0.387 e. The second kappa shape index (κ2) is 8.36. The Labute approximate surface area is 171 Å². The smallest absolute Gasteiger partial charge is 0.387 e. The zero-order chi connectivity index (χ0) is 21.3. The molecule has 0 unspecified atom stereocenters. The fourth-order valence-electron chi connectivity index (χ4n) is 3.72. The molecule has 1 fully saturated rings. The van der Waals surface area contributed by atoms with Crippen LogP contribution in [0.25, 0.3) is 10.9 Å². The lowest BCUT2D eigenvalue weighted by atomic mass is 9.77. The second-order valence-corrected chi connectivity index (χ2v) is 8.26. The van der Waals surface area contributed by atoms with Gasteiger partial charge in [0, 0.05) is 17.6 Å². The molecule has 1 aromatic carbocycles. The highest BCUT2D eigenvalue weighted by atomic mass is 35.5. The van der Waals surface area contributed by atoms with Crippen molar-refractivity contribution in [3.05, 3.63) is 34.7 Å². The Kier molecular flexibility index (Phi) is 6.24. The number of halogens is 4. The van der Waals surface area contributed by atoms with E-state index in [-0.39, 0.29) is 39.4 Å². The van der Waals surface area contributed by atoms with Crippen molar-refractivity contribution in [2.45, 2.75) is 57.8 Å². The monoisotopic (exact) mass is 430 g/mol. The summed E-state index contributed by atoms with van der Waals surface area (Å²) >= 11 is 5.84. The summed E-state index contributed by atoms with van der Waals surface area (Å²) in [7, 11) is 0. The van der Waals surface area contributed by atoms with Gasteiger partial charge in [0.15, 0.2) is 11.6 Å². The molecule has 0 spiro atoms. The summed E-state index contributed by atoms with van der Waals surface area (Å²) < 4.78 is 43.4. The number of benzene rings is 1. The van der Waals surface area contributed by atoms with Crippen LogP contribution in [0.2, 0.25) is 5.02 Å². The number of nitrogens with one attached hydrogen (secondary N) is 1. The maximum absolute atomic E-state index is 14.4. The fourth-order valence-corrected chi connectivity index (χ4v) is 3.97. The Bertz CT molecular complexity index is 910. The van der Waals surface area contributed by atoms with Crippen molar-refractivity contribution < 1.29 is 27.8 Å². The number of hydrogen-bond acceptors (Lipinski definition) is 4. The van der Waals surface area contributed by atoms with Crippen LogP contribution in [-0.2, 0) is 0 Å². The van der Waals surface area contributed by atoms with Gasteiger partial charge in [0.1, 0.15) is 5.52 Å². The predicted molar refractivity (Wildman–Crippen MR) is 103 cm³/mol. The Balaban J connectivity index is 1.74. The van der Waals surface area contributed by atoms with Gasteiger partial charge in [-0.2, -0.15) is 8.78 Å². The van der Waals surface area contributed by atoms with E-state index < -0.39 is 23.8 Å². The number of fused-ring (bicyclic) bond motifs is 1. The Morgan fingerprint density at radius 3 is 2.55 bits per heavy atom. The first-order valence-corrected chi connectivity index (χ1v) is 9.70. The van der Waals surface area contributed by atoms with Gasteiger partial charge in [-0.1, -0.05) is 11.6 Å². The summed E-state index contributed by atoms with van der Waals surface area (Å²) in [5.74, 6) is -2.06. The van der Waals surface area contributed by atoms with Gasteiger partial charge in [0.05, 0.1) is 16.2 Å². The SMILES string of the molecule is CC(C)(O)C1CCC(NC(=O)c2cnc3c(F)c(OC(F)F)c(Cl)cc3c2)CC1. The minimum Gasteiger partial charge on any atom is -0.430 e. The van der Waals surface area contributed by atoms with Crippen molar-refractivity contribution in [2.75, 3.05) is 0 Å². The molecule has 158 valence electrons. The van der Waals surface area contributed by atoms with Crippen LogP contribution in [0.5, 0.6) is 5.75 Å². The fraction of sp³-hybridized carbons (Fsp3) is 0.500. The molecule has 0 aliphatic heterocycles. The Morgan fingerprint density at radius 2 is 1.97 bits per heavy atom. The third kappa shape index (κ3) is 4.93. The molecule has 0 radical (unpaired) electrons. The maximum atomic E-state index is 14.4. The number of carbonyl (C=O) groups is 1. The molecule has 0 bridgehead atoms. The molecule has 2 N–H and O–H groups in total. The molecule has 3 rings (SSSR count). The van der Waals surface area contributed by atoms with E-state index >= 15 is 0 Å². The molecular formula is C20H22ClF3N2O3. The number of pyridine rings is 1. The first-order chi connectivity index (χ1) is 13.6. The summed E-state index contributed by atoms with van der Waals surface area (Å²) in [6, 6.07) is 2.61. The molecule has 9 heteroatoms. The van der Waals surface area contributed by atoms with Crippen molar-refractivity contribution in [3.63, 3.8) is 0 Å². The van der Waals surface area contributed by atoms with E-state index in [0.717, 1.165) is 25.7 Å². The summed E-state index contributed by atoms with van der Waals surface area (Å²) in [6.07, 6.45) is 4.28. The van der Waals surface area contributed by atoms with Crippen LogP contribution >= 0.6 is 11.6 Å². The number of hydrogen-bond donors (Lipinski definition) is 2. The zero-order valence-corrected chi connectivity index (χ0v) is 16.8. The zero-order valence-electron chi connectivity index (χ0n) is 16.0. The van der Waals surface area contributed by atoms with Crippen LogP contribution in [0, 0.1) is 11.7 Å². The lowest BCUT2D eigenvalue weighted by molar-refractivity contribution is -0.0519. The molecule has 0 saturated heterocycles. The van der Waals surface area contributed by atoms with E-state index in [2.05, 4.69) is 15.0 Å². The van der Waals surface area contributed by atoms with Gasteiger partial charge in [0.2, 0.25) is 0 Å². The van der Waals surface area contributed by atoms with Gasteiger partial charge in [-0.3, -0.25) is 9.78 Å². The molecular weight excluding hydrogens is 409 g/mol. The lowest BCUT2D eigenvalue weighted by Gasteiger charge is -2.36. The normalized spacial score (nSPS) is 20.1. The van der Waals surface area contributed by atoms with Crippen molar-refractivity contribution in [1.82, 2.24) is 10.3 Å². The molecule has 1 aromatic heterocycles. The number of alkyl halides is 2. The highest BCUT2D eigenvalue weighted by molar-refractivity contribution is 6.32. The van der Waals surface area contributed by atoms with Crippen LogP contribution in [0.1, 0.15) is 49.9 Å². The summed E-state index contributed by atoms with van der Waals surface area (Å²) in [4.78, 5) is 16.5. The molecule has 2 aromatic rings. The van der Waals surface area contributed by atoms with E-state index in [1.54, 1.807) is 13.8 Å². The van der Waals surface area contributed by atoms with Crippen LogP contribution in [0.3, 0.4) is 0 Å². The van der Waals surface area contributed by atoms with Crippen molar-refractivity contribution >= 4 is 28.4 Å². The summed E-state index contributed by atoms with van der Waals surface area (Å²) in [5.41, 5.74) is -0.750. The third-order valence-corrected chi connectivity index (χ3v) is 5.63. The largest absolute Gasteiger partial charge is 0.430 e. The number of rotatable bonds is 5. The topological polar surface area (TPSA) is 71.5 Å². The minimum atomic E-state index is -3.23. The lowest BCUT2D eigenvalue weighted by Crippen LogP contribution is -2.41. The minimum absolute atomic E-state index is 0.0288. The number of aromatic nitrogens is 1. The van der Waals surface area contributed by atoms with Crippen LogP contribution in [0.4, 0.5) is 13.2 Å². The van der Waals surface area contributed by atoms with E-state index in [4.69, 9.17) is 11.6 Å². The Hall–Kier alpha value is -2.06. The molecule has 0 atom stereocenters. The van der Waals surface area contributed by atoms with Gasteiger partial charge in [-0.25, -0.2) is 4.39 Å². The molecule has 1 saturated carbocycles. The molecule has 5 nitrogen and oxygen atoms in total. The number of amides is 1. The van der Waals surface area contributed by atoms with Crippen molar-refractivity contribution in [3.8, 4) is 5.75 Å². The predicted octanol–water partition coefficient (Wildman–Crippen LogP) is 4.69. The van der Waals surface area contributed by atoms with Gasteiger partial charge in [-0.05, 0) is 57.6 Å². The van der Waals surface area contributed by atoms with Crippen LogP contribution in [-0.4, -0.2) is 34.3 Å². The van der Waals surface area contributed by atoms with Crippen LogP contribution in [0.15, 0.2) is 18.3 Å². The number of ether oxygens (including phenoxy) is 1. The summed E-state index contributed by atoms with van der Waals surface area (Å²) in [5, 5.41) is 12.9. The van der Waals surface area contributed by atoms with Crippen LogP contribution < -0.4 is 10.1 Å². The first kappa shape index (κ1) is 21.6. The van der Waals surface area contributed by atoms with Crippen molar-refractivity contribution in [1.29, 1.82) is 0 Å². The van der Waals surface area contributed by atoms with Gasteiger partial charge in [-0.15, -0.1) is 0 Å². The van der Waals surface area contributed by atoms with E-state index in [1.165, 1.54) is 18.3 Å². The molecule has 1 aliphatic carbocycles. The van der Waals surface area contributed by atoms with Gasteiger partial charge in [0.25, 0.3) is 5.91 Å². The average molecular weight is 431 g/mol. The standard InChI is InChI=1S/C20H22ClF3N2O3/c1-20(2,28)12-3-5-13(6-4-12)26-18(27)11-7-10-8-14(21)17(29-19(23)24)15(22)16(10)25-9-11/h7-9,12-13,19,28H,3-6H2,1-2H3,(H,26,27). The van der Waals surface area contributed by atoms with E-state index in [1.807, 2.05) is 0 Å². The first-order valence-electron chi connectivity index (χ1n) is 9.32. The second-order valence-electron chi connectivity index (χ2n) is 7.85. The van der Waals surface area contributed by atoms with Gasteiger partial charge >= 0.3 is 6.61 Å². The number of nitrogens with zero attached hydrogens (tertiary/aromatic N) is 1. The number of carbonyl (C=O) groups excluding carboxylic acids is 1. The highest BCUT2D eigenvalue weighted by Gasteiger charge is 2.32. The quantitative estimate of drug-likeness (QED) is 0.722.